The number of nitrogens with two attached hydrogens (primary N) is 1. The Bertz CT molecular complexity index is 1540. The van der Waals surface area contributed by atoms with E-state index in [1.165, 1.54) is 31.4 Å². The highest BCUT2D eigenvalue weighted by molar-refractivity contribution is 6.34. The molecule has 0 saturated heterocycles. The summed E-state index contributed by atoms with van der Waals surface area (Å²) in [5.74, 6) is 0.257. The van der Waals surface area contributed by atoms with E-state index in [4.69, 9.17) is 22.1 Å². The van der Waals surface area contributed by atoms with Gasteiger partial charge >= 0.3 is 11.9 Å². The number of nitrogens with zero attached hydrogens (tertiary/aromatic N) is 3. The molecule has 1 unspecified atom stereocenters. The van der Waals surface area contributed by atoms with Crippen LogP contribution in [0.3, 0.4) is 0 Å². The first kappa shape index (κ1) is 26.2. The first-order valence-electron chi connectivity index (χ1n) is 11.1. The molecule has 2 N–H and O–H groups in total. The number of hydrogen-bond acceptors (Lipinski definition) is 5. The van der Waals surface area contributed by atoms with Crippen LogP contribution >= 0.6 is 11.6 Å². The van der Waals surface area contributed by atoms with Gasteiger partial charge in [-0.2, -0.15) is 18.3 Å². The average Bonchev–Trinajstić information content (AvgIpc) is 2.88. The molecule has 0 fully saturated rings. The molecule has 1 heterocycles. The number of ether oxygens (including phenoxy) is 1. The third kappa shape index (κ3) is 5.45. The van der Waals surface area contributed by atoms with Crippen molar-refractivity contribution >= 4 is 11.6 Å². The number of benzene rings is 3. The second-order valence-electron chi connectivity index (χ2n) is 8.20. The summed E-state index contributed by atoms with van der Waals surface area (Å²) in [6.45, 7) is -0.774. The minimum atomic E-state index is -4.65. The molecule has 4 aromatic rings. The Hall–Kier alpha value is -3.89. The molecule has 192 valence electrons. The van der Waals surface area contributed by atoms with Gasteiger partial charge in [-0.15, -0.1) is 0 Å². The predicted octanol–water partition coefficient (Wildman–Crippen LogP) is 4.50. The minimum Gasteiger partial charge on any atom is -0.495 e. The van der Waals surface area contributed by atoms with Crippen LogP contribution in [0.4, 0.5) is 13.2 Å². The van der Waals surface area contributed by atoms with Crippen molar-refractivity contribution in [3.63, 3.8) is 0 Å². The van der Waals surface area contributed by atoms with Crippen molar-refractivity contribution in [1.29, 1.82) is 0 Å². The van der Waals surface area contributed by atoms with Gasteiger partial charge in [0.2, 0.25) is 0 Å². The number of halogens is 4. The van der Waals surface area contributed by atoms with Gasteiger partial charge < -0.3 is 10.5 Å². The maximum absolute atomic E-state index is 13.6. The normalized spacial score (nSPS) is 12.4. The molecule has 0 bridgehead atoms. The molecule has 37 heavy (non-hydrogen) atoms. The molecule has 0 spiro atoms. The smallest absolute Gasteiger partial charge is 0.416 e. The molecule has 0 amide bonds. The number of hydrogen-bond donors (Lipinski definition) is 1. The fraction of sp³-hybridized carbons (Fsp3) is 0.192. The second kappa shape index (κ2) is 10.6. The standard InChI is InChI=1S/C26H22ClF3N4O3/c1-37-21-13-7-11-18(22(21)27)23-24(35)33(15-20(31)16-8-3-2-4-9-16)25(36)34(32-23)14-17-10-5-6-12-19(17)26(28,29)30/h2-13,20H,14-15,31H2,1H3. The largest absolute Gasteiger partial charge is 0.495 e. The fourth-order valence-corrected chi connectivity index (χ4v) is 4.24. The molecule has 4 rings (SSSR count). The number of aromatic nitrogens is 3. The van der Waals surface area contributed by atoms with Crippen LogP contribution in [0.1, 0.15) is 22.7 Å². The highest BCUT2D eigenvalue weighted by Crippen LogP contribution is 2.34. The van der Waals surface area contributed by atoms with Crippen molar-refractivity contribution in [2.75, 3.05) is 7.11 Å². The Balaban J connectivity index is 1.91. The van der Waals surface area contributed by atoms with Crippen LogP contribution in [-0.4, -0.2) is 21.5 Å². The predicted molar refractivity (Wildman–Crippen MR) is 134 cm³/mol. The summed E-state index contributed by atoms with van der Waals surface area (Å²) in [4.78, 5) is 26.9. The summed E-state index contributed by atoms with van der Waals surface area (Å²) < 4.78 is 47.8. The van der Waals surface area contributed by atoms with Crippen LogP contribution in [0, 0.1) is 0 Å². The zero-order valence-corrected chi connectivity index (χ0v) is 20.3. The summed E-state index contributed by atoms with van der Waals surface area (Å²) in [5, 5.41) is 4.22. The van der Waals surface area contributed by atoms with E-state index in [2.05, 4.69) is 5.10 Å². The Labute approximate surface area is 214 Å². The van der Waals surface area contributed by atoms with E-state index in [1.54, 1.807) is 42.5 Å². The van der Waals surface area contributed by atoms with E-state index in [-0.39, 0.29) is 34.1 Å². The summed E-state index contributed by atoms with van der Waals surface area (Å²) in [6, 6.07) is 17.6. The summed E-state index contributed by atoms with van der Waals surface area (Å²) in [6.07, 6.45) is -4.65. The highest BCUT2D eigenvalue weighted by Gasteiger charge is 2.33. The third-order valence-electron chi connectivity index (χ3n) is 5.81. The van der Waals surface area contributed by atoms with Crippen molar-refractivity contribution in [3.05, 3.63) is 115 Å². The molecule has 3 aromatic carbocycles. The van der Waals surface area contributed by atoms with Crippen LogP contribution in [0.15, 0.2) is 82.4 Å². The van der Waals surface area contributed by atoms with Gasteiger partial charge in [-0.1, -0.05) is 72.3 Å². The van der Waals surface area contributed by atoms with Crippen molar-refractivity contribution < 1.29 is 17.9 Å². The van der Waals surface area contributed by atoms with Gasteiger partial charge in [-0.05, 0) is 23.3 Å². The zero-order chi connectivity index (χ0) is 26.7. The van der Waals surface area contributed by atoms with Crippen molar-refractivity contribution in [2.45, 2.75) is 25.3 Å². The van der Waals surface area contributed by atoms with Gasteiger partial charge in [0.1, 0.15) is 5.75 Å². The topological polar surface area (TPSA) is 92.1 Å². The molecule has 0 aliphatic rings. The van der Waals surface area contributed by atoms with E-state index in [0.29, 0.717) is 5.56 Å². The van der Waals surface area contributed by atoms with Crippen molar-refractivity contribution in [1.82, 2.24) is 14.3 Å². The molecular formula is C26H22ClF3N4O3. The number of rotatable bonds is 7. The number of alkyl halides is 3. The molecule has 11 heteroatoms. The molecule has 0 saturated carbocycles. The van der Waals surface area contributed by atoms with Crippen LogP contribution in [0.2, 0.25) is 5.02 Å². The van der Waals surface area contributed by atoms with Gasteiger partial charge in [0.15, 0.2) is 5.69 Å². The highest BCUT2D eigenvalue weighted by atomic mass is 35.5. The quantitative estimate of drug-likeness (QED) is 0.380. The Kier molecular flexibility index (Phi) is 7.51. The second-order valence-corrected chi connectivity index (χ2v) is 8.58. The first-order chi connectivity index (χ1) is 17.6. The first-order valence-corrected chi connectivity index (χ1v) is 11.5. The van der Waals surface area contributed by atoms with E-state index in [9.17, 15) is 22.8 Å². The lowest BCUT2D eigenvalue weighted by Gasteiger charge is -2.18. The van der Waals surface area contributed by atoms with Crippen LogP contribution in [0.5, 0.6) is 5.75 Å². The molecule has 0 radical (unpaired) electrons. The summed E-state index contributed by atoms with van der Waals surface area (Å²) >= 11 is 6.43. The number of methoxy groups -OCH3 is 1. The van der Waals surface area contributed by atoms with Crippen molar-refractivity contribution in [3.8, 4) is 17.0 Å². The molecule has 0 aliphatic carbocycles. The monoisotopic (exact) mass is 530 g/mol. The molecular weight excluding hydrogens is 509 g/mol. The molecule has 0 aliphatic heterocycles. The van der Waals surface area contributed by atoms with E-state index < -0.39 is 35.6 Å². The minimum absolute atomic E-state index is 0.0643. The zero-order valence-electron chi connectivity index (χ0n) is 19.6. The van der Waals surface area contributed by atoms with Gasteiger partial charge in [-0.3, -0.25) is 9.36 Å². The van der Waals surface area contributed by atoms with Gasteiger partial charge in [-0.25, -0.2) is 9.48 Å². The molecule has 7 nitrogen and oxygen atoms in total. The lowest BCUT2D eigenvalue weighted by molar-refractivity contribution is -0.138. The summed E-state index contributed by atoms with van der Waals surface area (Å²) in [7, 11) is 1.39. The van der Waals surface area contributed by atoms with Crippen molar-refractivity contribution in [2.24, 2.45) is 5.73 Å². The Morgan fingerprint density at radius 2 is 1.68 bits per heavy atom. The van der Waals surface area contributed by atoms with Crippen LogP contribution in [0.25, 0.3) is 11.3 Å². The fourth-order valence-electron chi connectivity index (χ4n) is 3.94. The Morgan fingerprint density at radius 1 is 1.00 bits per heavy atom. The summed E-state index contributed by atoms with van der Waals surface area (Å²) in [5.41, 5.74) is 4.09. The molecule has 1 atom stereocenters. The van der Waals surface area contributed by atoms with Gasteiger partial charge in [0.25, 0.3) is 5.56 Å². The van der Waals surface area contributed by atoms with E-state index in [0.717, 1.165) is 15.3 Å². The lowest BCUT2D eigenvalue weighted by atomic mass is 10.1. The van der Waals surface area contributed by atoms with E-state index >= 15 is 0 Å². The SMILES string of the molecule is COc1cccc(-c2nn(Cc3ccccc3C(F)(F)F)c(=O)n(CC(N)c3ccccc3)c2=O)c1Cl. The average molecular weight is 531 g/mol. The third-order valence-corrected chi connectivity index (χ3v) is 6.20. The van der Waals surface area contributed by atoms with E-state index in [1.807, 2.05) is 0 Å². The maximum atomic E-state index is 13.6. The van der Waals surface area contributed by atoms with Crippen LogP contribution < -0.4 is 21.7 Å². The lowest BCUT2D eigenvalue weighted by Crippen LogP contribution is -2.44. The van der Waals surface area contributed by atoms with Gasteiger partial charge in [0, 0.05) is 11.6 Å². The van der Waals surface area contributed by atoms with Gasteiger partial charge in [0.05, 0.1) is 30.8 Å². The Morgan fingerprint density at radius 3 is 2.35 bits per heavy atom. The molecule has 1 aromatic heterocycles. The maximum Gasteiger partial charge on any atom is 0.416 e. The van der Waals surface area contributed by atoms with Crippen LogP contribution in [-0.2, 0) is 19.3 Å².